The second kappa shape index (κ2) is 5.56. The van der Waals surface area contributed by atoms with Gasteiger partial charge >= 0.3 is 0 Å². The summed E-state index contributed by atoms with van der Waals surface area (Å²) in [5, 5.41) is 3.25. The molecule has 2 nitrogen and oxygen atoms in total. The Balaban J connectivity index is 2.31. The highest BCUT2D eigenvalue weighted by molar-refractivity contribution is 7.98. The third kappa shape index (κ3) is 3.13. The molecule has 2 N–H and O–H groups in total. The van der Waals surface area contributed by atoms with Gasteiger partial charge in [-0.05, 0) is 12.2 Å². The van der Waals surface area contributed by atoms with Gasteiger partial charge in [0.15, 0.2) is 0 Å². The minimum Gasteiger partial charge on any atom is -0.325 e. The van der Waals surface area contributed by atoms with Gasteiger partial charge in [0.2, 0.25) is 0 Å². The molecule has 0 spiro atoms. The molecule has 0 aliphatic carbocycles. The highest BCUT2D eigenvalue weighted by Crippen LogP contribution is 2.16. The van der Waals surface area contributed by atoms with Gasteiger partial charge in [-0.2, -0.15) is 11.8 Å². The summed E-state index contributed by atoms with van der Waals surface area (Å²) < 4.78 is 0. The zero-order valence-corrected chi connectivity index (χ0v) is 8.88. The summed E-state index contributed by atoms with van der Waals surface area (Å²) >= 11 is 3.65. The number of nitrogens with zero attached hydrogens (tertiary/aromatic N) is 1. The van der Waals surface area contributed by atoms with Crippen LogP contribution >= 0.6 is 23.1 Å². The van der Waals surface area contributed by atoms with Crippen LogP contribution in [0.3, 0.4) is 0 Å². The summed E-state index contributed by atoms with van der Waals surface area (Å²) in [5.41, 5.74) is 6.48. The van der Waals surface area contributed by atoms with E-state index in [-0.39, 0.29) is 0 Å². The third-order valence-electron chi connectivity index (χ3n) is 1.38. The number of hydrogen-bond acceptors (Lipinski definition) is 4. The van der Waals surface area contributed by atoms with Crippen molar-refractivity contribution < 1.29 is 0 Å². The molecule has 0 saturated carbocycles. The van der Waals surface area contributed by atoms with Gasteiger partial charge in [0, 0.05) is 17.7 Å². The van der Waals surface area contributed by atoms with E-state index in [1.807, 2.05) is 17.1 Å². The predicted molar refractivity (Wildman–Crippen MR) is 56.5 cm³/mol. The van der Waals surface area contributed by atoms with Crippen LogP contribution in [-0.2, 0) is 12.3 Å². The van der Waals surface area contributed by atoms with E-state index in [9.17, 15) is 0 Å². The quantitative estimate of drug-likeness (QED) is 0.744. The molecule has 68 valence electrons. The number of hydrogen-bond donors (Lipinski definition) is 1. The number of nitrogens with two attached hydrogens (primary N) is 1. The molecule has 0 saturated heterocycles. The lowest BCUT2D eigenvalue weighted by Crippen LogP contribution is -1.96. The molecule has 4 heteroatoms. The van der Waals surface area contributed by atoms with Gasteiger partial charge < -0.3 is 5.73 Å². The molecule has 1 heterocycles. The Bertz CT molecular complexity index is 223. The van der Waals surface area contributed by atoms with Crippen LogP contribution in [0.25, 0.3) is 0 Å². The molecule has 0 aromatic carbocycles. The van der Waals surface area contributed by atoms with Crippen molar-refractivity contribution in [3.05, 3.63) is 16.1 Å². The first kappa shape index (κ1) is 10.0. The first-order valence-corrected chi connectivity index (χ1v) is 6.11. The van der Waals surface area contributed by atoms with Crippen molar-refractivity contribution in [2.45, 2.75) is 25.6 Å². The van der Waals surface area contributed by atoms with Gasteiger partial charge in [-0.3, -0.25) is 0 Å². The van der Waals surface area contributed by atoms with Crippen molar-refractivity contribution in [3.8, 4) is 0 Å². The molecule has 0 unspecified atom stereocenters. The topological polar surface area (TPSA) is 38.9 Å². The van der Waals surface area contributed by atoms with E-state index in [2.05, 4.69) is 11.9 Å². The fourth-order valence-electron chi connectivity index (χ4n) is 0.813. The maximum atomic E-state index is 5.46. The van der Waals surface area contributed by atoms with Crippen molar-refractivity contribution in [1.29, 1.82) is 0 Å². The first-order valence-electron chi connectivity index (χ1n) is 4.08. The van der Waals surface area contributed by atoms with Crippen LogP contribution in [-0.4, -0.2) is 10.7 Å². The predicted octanol–water partition coefficient (Wildman–Crippen LogP) is 2.25. The summed E-state index contributed by atoms with van der Waals surface area (Å²) in [6, 6.07) is 0. The Hall–Kier alpha value is -0.0600. The Morgan fingerprint density at radius 1 is 1.67 bits per heavy atom. The first-order chi connectivity index (χ1) is 5.86. The number of aromatic nitrogens is 1. The number of thioether (sulfide) groups is 1. The lowest BCUT2D eigenvalue weighted by atomic mass is 10.5. The summed E-state index contributed by atoms with van der Waals surface area (Å²) in [6.45, 7) is 2.76. The molecule has 0 amide bonds. The average molecular weight is 202 g/mol. The molecule has 0 aliphatic heterocycles. The van der Waals surface area contributed by atoms with Crippen molar-refractivity contribution in [2.75, 3.05) is 5.75 Å². The fourth-order valence-corrected chi connectivity index (χ4v) is 2.60. The van der Waals surface area contributed by atoms with Crippen molar-refractivity contribution in [3.63, 3.8) is 0 Å². The summed E-state index contributed by atoms with van der Waals surface area (Å²) in [6.07, 6.45) is 1.24. The van der Waals surface area contributed by atoms with E-state index >= 15 is 0 Å². The monoisotopic (exact) mass is 202 g/mol. The van der Waals surface area contributed by atoms with Crippen molar-refractivity contribution in [2.24, 2.45) is 5.73 Å². The van der Waals surface area contributed by atoms with E-state index < -0.39 is 0 Å². The molecule has 0 atom stereocenters. The van der Waals surface area contributed by atoms with E-state index in [0.717, 1.165) is 11.4 Å². The van der Waals surface area contributed by atoms with Crippen LogP contribution in [0.1, 0.15) is 24.0 Å². The molecule has 1 rings (SSSR count). The summed E-state index contributed by atoms with van der Waals surface area (Å²) in [4.78, 5) is 4.37. The minimum absolute atomic E-state index is 0.564. The van der Waals surface area contributed by atoms with E-state index in [1.54, 1.807) is 11.3 Å². The Labute approximate surface area is 81.6 Å². The second-order valence-electron chi connectivity index (χ2n) is 2.49. The van der Waals surface area contributed by atoms with E-state index in [0.29, 0.717) is 6.54 Å². The molecule has 0 radical (unpaired) electrons. The zero-order chi connectivity index (χ0) is 8.81. The molecule has 1 aromatic heterocycles. The van der Waals surface area contributed by atoms with E-state index in [4.69, 9.17) is 5.73 Å². The Morgan fingerprint density at radius 3 is 3.08 bits per heavy atom. The van der Waals surface area contributed by atoms with Gasteiger partial charge in [-0.1, -0.05) is 6.92 Å². The van der Waals surface area contributed by atoms with Crippen molar-refractivity contribution >= 4 is 23.1 Å². The average Bonchev–Trinajstić information content (AvgIpc) is 2.53. The second-order valence-corrected chi connectivity index (χ2v) is 4.54. The normalized spacial score (nSPS) is 10.5. The highest BCUT2D eigenvalue weighted by Gasteiger charge is 1.99. The maximum absolute atomic E-state index is 5.46. The van der Waals surface area contributed by atoms with Gasteiger partial charge in [-0.25, -0.2) is 4.98 Å². The van der Waals surface area contributed by atoms with Gasteiger partial charge in [0.25, 0.3) is 0 Å². The lowest BCUT2D eigenvalue weighted by Gasteiger charge is -1.93. The maximum Gasteiger partial charge on any atom is 0.103 e. The Kier molecular flexibility index (Phi) is 4.65. The SMILES string of the molecule is CCCSCc1nc(CN)cs1. The molecular formula is C8H14N2S2. The summed E-state index contributed by atoms with van der Waals surface area (Å²) in [5.74, 6) is 2.26. The van der Waals surface area contributed by atoms with Gasteiger partial charge in [0.05, 0.1) is 5.69 Å². The molecule has 0 aliphatic rings. The molecule has 0 fully saturated rings. The number of thiazole rings is 1. The van der Waals surface area contributed by atoms with Crippen LogP contribution in [0.4, 0.5) is 0 Å². The summed E-state index contributed by atoms with van der Waals surface area (Å²) in [7, 11) is 0. The van der Waals surface area contributed by atoms with Crippen LogP contribution in [0.5, 0.6) is 0 Å². The standard InChI is InChI=1S/C8H14N2S2/c1-2-3-11-6-8-10-7(4-9)5-12-8/h5H,2-4,6,9H2,1H3. The van der Waals surface area contributed by atoms with Crippen molar-refractivity contribution in [1.82, 2.24) is 4.98 Å². The number of rotatable bonds is 5. The largest absolute Gasteiger partial charge is 0.325 e. The van der Waals surface area contributed by atoms with Crippen LogP contribution in [0.15, 0.2) is 5.38 Å². The lowest BCUT2D eigenvalue weighted by molar-refractivity contribution is 0.995. The molecule has 1 aromatic rings. The highest BCUT2D eigenvalue weighted by atomic mass is 32.2. The van der Waals surface area contributed by atoms with Crippen LogP contribution in [0.2, 0.25) is 0 Å². The minimum atomic E-state index is 0.564. The molecule has 12 heavy (non-hydrogen) atoms. The third-order valence-corrected chi connectivity index (χ3v) is 3.64. The Morgan fingerprint density at radius 2 is 2.50 bits per heavy atom. The zero-order valence-electron chi connectivity index (χ0n) is 7.25. The fraction of sp³-hybridized carbons (Fsp3) is 0.625. The smallest absolute Gasteiger partial charge is 0.103 e. The van der Waals surface area contributed by atoms with Crippen LogP contribution < -0.4 is 5.73 Å². The molecule has 0 bridgehead atoms. The van der Waals surface area contributed by atoms with Gasteiger partial charge in [-0.15, -0.1) is 11.3 Å². The van der Waals surface area contributed by atoms with Crippen LogP contribution in [0, 0.1) is 0 Å². The van der Waals surface area contributed by atoms with Gasteiger partial charge in [0.1, 0.15) is 5.01 Å². The van der Waals surface area contributed by atoms with E-state index in [1.165, 1.54) is 17.2 Å². The molecular weight excluding hydrogens is 188 g/mol.